The lowest BCUT2D eigenvalue weighted by molar-refractivity contribution is -0.384. The molecule has 0 radical (unpaired) electrons. The van der Waals surface area contributed by atoms with Gasteiger partial charge in [0, 0.05) is 50.2 Å². The van der Waals surface area contributed by atoms with Crippen LogP contribution in [0.4, 0.5) is 11.4 Å². The number of non-ortho nitro benzene ring substituents is 1. The summed E-state index contributed by atoms with van der Waals surface area (Å²) < 4.78 is 0. The molecule has 1 aliphatic rings. The Morgan fingerprint density at radius 1 is 1.32 bits per heavy atom. The van der Waals surface area contributed by atoms with Gasteiger partial charge >= 0.3 is 0 Å². The van der Waals surface area contributed by atoms with Crippen molar-refractivity contribution in [2.24, 2.45) is 0 Å². The third kappa shape index (κ3) is 2.73. The second-order valence-electron chi connectivity index (χ2n) is 4.60. The van der Waals surface area contributed by atoms with Gasteiger partial charge in [0.25, 0.3) is 11.6 Å². The molecule has 1 aliphatic heterocycles. The molecule has 6 nitrogen and oxygen atoms in total. The second-order valence-corrected chi connectivity index (χ2v) is 4.60. The number of carbonyl (C=O) groups excluding carboxylic acids is 1. The Labute approximate surface area is 111 Å². The van der Waals surface area contributed by atoms with Gasteiger partial charge in [0.15, 0.2) is 0 Å². The lowest BCUT2D eigenvalue weighted by Gasteiger charge is -2.15. The van der Waals surface area contributed by atoms with Crippen LogP contribution in [0.1, 0.15) is 6.42 Å². The van der Waals surface area contributed by atoms with Gasteiger partial charge in [0.05, 0.1) is 4.92 Å². The number of rotatable bonds is 3. The number of nitrogens with zero attached hydrogens (tertiary/aromatic N) is 3. The number of carbonyl (C=O) groups is 1. The van der Waals surface area contributed by atoms with Gasteiger partial charge < -0.3 is 9.80 Å². The zero-order valence-electron chi connectivity index (χ0n) is 10.9. The minimum absolute atomic E-state index is 0.0273. The first-order chi connectivity index (χ1) is 8.99. The van der Waals surface area contributed by atoms with Gasteiger partial charge in [0.1, 0.15) is 0 Å². The highest BCUT2D eigenvalue weighted by atomic mass is 16.6. The Morgan fingerprint density at radius 2 is 1.95 bits per heavy atom. The summed E-state index contributed by atoms with van der Waals surface area (Å²) in [6.45, 7) is 0.607. The van der Waals surface area contributed by atoms with Crippen molar-refractivity contribution in [2.45, 2.75) is 6.42 Å². The molecule has 0 unspecified atom stereocenters. The highest BCUT2D eigenvalue weighted by molar-refractivity contribution is 6.08. The molecule has 1 saturated heterocycles. The Balaban J connectivity index is 2.20. The number of nitro groups is 1. The fraction of sp³-hybridized carbons (Fsp3) is 0.308. The summed E-state index contributed by atoms with van der Waals surface area (Å²) in [4.78, 5) is 25.8. The van der Waals surface area contributed by atoms with Crippen molar-refractivity contribution in [3.8, 4) is 0 Å². The number of nitro benzene ring substituents is 1. The third-order valence-corrected chi connectivity index (χ3v) is 2.91. The Morgan fingerprint density at radius 3 is 2.47 bits per heavy atom. The number of hydrogen-bond acceptors (Lipinski definition) is 4. The zero-order chi connectivity index (χ0) is 14.0. The molecule has 6 heteroatoms. The molecule has 0 N–H and O–H groups in total. The van der Waals surface area contributed by atoms with Crippen LogP contribution < -0.4 is 4.90 Å². The average Bonchev–Trinajstić information content (AvgIpc) is 2.70. The third-order valence-electron chi connectivity index (χ3n) is 2.91. The SMILES string of the molecule is CN(C)/C=C1/CCN(c2ccc([N+](=O)[O-])cc2)C1=O. The first-order valence-electron chi connectivity index (χ1n) is 5.92. The Bertz CT molecular complexity index is 535. The van der Waals surface area contributed by atoms with E-state index >= 15 is 0 Å². The highest BCUT2D eigenvalue weighted by Gasteiger charge is 2.27. The topological polar surface area (TPSA) is 66.7 Å². The van der Waals surface area contributed by atoms with E-state index in [0.29, 0.717) is 18.7 Å². The maximum Gasteiger partial charge on any atom is 0.269 e. The molecule has 1 aromatic carbocycles. The average molecular weight is 261 g/mol. The summed E-state index contributed by atoms with van der Waals surface area (Å²) in [6, 6.07) is 6.04. The van der Waals surface area contributed by atoms with Crippen LogP contribution in [-0.4, -0.2) is 36.4 Å². The first kappa shape index (κ1) is 13.1. The fourth-order valence-electron chi connectivity index (χ4n) is 2.05. The summed E-state index contributed by atoms with van der Waals surface area (Å²) in [7, 11) is 3.74. The van der Waals surface area contributed by atoms with Gasteiger partial charge in [-0.3, -0.25) is 14.9 Å². The number of hydrogen-bond donors (Lipinski definition) is 0. The molecule has 0 aromatic heterocycles. The van der Waals surface area contributed by atoms with Crippen LogP contribution in [0.5, 0.6) is 0 Å². The lowest BCUT2D eigenvalue weighted by atomic mass is 10.2. The number of amides is 1. The van der Waals surface area contributed by atoms with E-state index < -0.39 is 4.92 Å². The van der Waals surface area contributed by atoms with Crippen LogP contribution in [0.3, 0.4) is 0 Å². The molecule has 0 bridgehead atoms. The van der Waals surface area contributed by atoms with E-state index in [1.54, 1.807) is 17.0 Å². The summed E-state index contributed by atoms with van der Waals surface area (Å²) in [5.41, 5.74) is 1.47. The molecule has 1 heterocycles. The molecule has 2 rings (SSSR count). The summed E-state index contributed by atoms with van der Waals surface area (Å²) >= 11 is 0. The van der Waals surface area contributed by atoms with E-state index in [4.69, 9.17) is 0 Å². The molecular formula is C13H15N3O3. The minimum atomic E-state index is -0.451. The van der Waals surface area contributed by atoms with Crippen LogP contribution in [0.25, 0.3) is 0 Å². The summed E-state index contributed by atoms with van der Waals surface area (Å²) in [6.07, 6.45) is 2.50. The zero-order valence-corrected chi connectivity index (χ0v) is 10.9. The van der Waals surface area contributed by atoms with Crippen molar-refractivity contribution in [1.82, 2.24) is 4.90 Å². The van der Waals surface area contributed by atoms with E-state index in [1.807, 2.05) is 25.2 Å². The molecule has 1 aromatic rings. The molecule has 0 atom stereocenters. The van der Waals surface area contributed by atoms with Crippen LogP contribution in [0, 0.1) is 10.1 Å². The fourth-order valence-corrected chi connectivity index (χ4v) is 2.05. The quantitative estimate of drug-likeness (QED) is 0.472. The molecule has 1 fully saturated rings. The predicted molar refractivity (Wildman–Crippen MR) is 71.8 cm³/mol. The number of benzene rings is 1. The maximum atomic E-state index is 12.2. The predicted octanol–water partition coefficient (Wildman–Crippen LogP) is 1.78. The summed E-state index contributed by atoms with van der Waals surface area (Å²) in [5.74, 6) is -0.0393. The van der Waals surface area contributed by atoms with E-state index in [2.05, 4.69) is 0 Å². The van der Waals surface area contributed by atoms with Gasteiger partial charge in [-0.15, -0.1) is 0 Å². The molecule has 0 aliphatic carbocycles. The van der Waals surface area contributed by atoms with Gasteiger partial charge in [-0.1, -0.05) is 0 Å². The summed E-state index contributed by atoms with van der Waals surface area (Å²) in [5, 5.41) is 10.6. The minimum Gasteiger partial charge on any atom is -0.383 e. The Kier molecular flexibility index (Phi) is 3.50. The number of anilines is 1. The van der Waals surface area contributed by atoms with Crippen LogP contribution >= 0.6 is 0 Å². The smallest absolute Gasteiger partial charge is 0.269 e. The molecule has 19 heavy (non-hydrogen) atoms. The first-order valence-corrected chi connectivity index (χ1v) is 5.92. The molecule has 0 spiro atoms. The molecule has 0 saturated carbocycles. The van der Waals surface area contributed by atoms with Gasteiger partial charge in [-0.2, -0.15) is 0 Å². The highest BCUT2D eigenvalue weighted by Crippen LogP contribution is 2.26. The van der Waals surface area contributed by atoms with E-state index in [-0.39, 0.29) is 11.6 Å². The van der Waals surface area contributed by atoms with Crippen molar-refractivity contribution < 1.29 is 9.72 Å². The van der Waals surface area contributed by atoms with Crippen LogP contribution in [-0.2, 0) is 4.79 Å². The van der Waals surface area contributed by atoms with Gasteiger partial charge in [-0.05, 0) is 18.6 Å². The van der Waals surface area contributed by atoms with Gasteiger partial charge in [-0.25, -0.2) is 0 Å². The lowest BCUT2D eigenvalue weighted by Crippen LogP contribution is -2.24. The largest absolute Gasteiger partial charge is 0.383 e. The Hall–Kier alpha value is -2.37. The molecule has 1 amide bonds. The maximum absolute atomic E-state index is 12.2. The van der Waals surface area contributed by atoms with Crippen molar-refractivity contribution >= 4 is 17.3 Å². The molecular weight excluding hydrogens is 246 g/mol. The van der Waals surface area contributed by atoms with Gasteiger partial charge in [0.2, 0.25) is 0 Å². The second kappa shape index (κ2) is 5.09. The van der Waals surface area contributed by atoms with Crippen molar-refractivity contribution in [2.75, 3.05) is 25.5 Å². The van der Waals surface area contributed by atoms with Crippen molar-refractivity contribution in [3.05, 3.63) is 46.2 Å². The normalized spacial score (nSPS) is 17.1. The van der Waals surface area contributed by atoms with E-state index in [1.165, 1.54) is 12.1 Å². The van der Waals surface area contributed by atoms with E-state index in [9.17, 15) is 14.9 Å². The monoisotopic (exact) mass is 261 g/mol. The molecule has 100 valence electrons. The van der Waals surface area contributed by atoms with Crippen LogP contribution in [0.2, 0.25) is 0 Å². The van der Waals surface area contributed by atoms with Crippen molar-refractivity contribution in [3.63, 3.8) is 0 Å². The van der Waals surface area contributed by atoms with Crippen molar-refractivity contribution in [1.29, 1.82) is 0 Å². The van der Waals surface area contributed by atoms with E-state index in [0.717, 1.165) is 5.57 Å². The standard InChI is InChI=1S/C13H15N3O3/c1-14(2)9-10-7-8-15(13(10)17)11-3-5-12(6-4-11)16(18)19/h3-6,9H,7-8H2,1-2H3/b10-9-. The van der Waals surface area contributed by atoms with Crippen LogP contribution in [0.15, 0.2) is 36.0 Å².